The van der Waals surface area contributed by atoms with Gasteiger partial charge in [-0.1, -0.05) is 60.7 Å². The monoisotopic (exact) mass is 694 g/mol. The zero-order valence-electron chi connectivity index (χ0n) is 28.5. The number of hydrogen-bond acceptors (Lipinski definition) is 0. The summed E-state index contributed by atoms with van der Waals surface area (Å²) >= 11 is -2.13. The average molecular weight is 696 g/mol. The van der Waals surface area contributed by atoms with Gasteiger partial charge < -0.3 is 10.6 Å². The third-order valence-electron chi connectivity index (χ3n) is 10.2. The van der Waals surface area contributed by atoms with Gasteiger partial charge in [0.1, 0.15) is 0 Å². The van der Waals surface area contributed by atoms with E-state index in [1.807, 2.05) is 0 Å². The maximum Gasteiger partial charge on any atom is -0.162 e. The van der Waals surface area contributed by atoms with Crippen molar-refractivity contribution in [1.29, 1.82) is 0 Å². The molecule has 0 N–H and O–H groups in total. The van der Waals surface area contributed by atoms with Crippen molar-refractivity contribution < 1.29 is 20.3 Å². The fourth-order valence-corrected chi connectivity index (χ4v) is 23.5. The fourth-order valence-electron chi connectivity index (χ4n) is 7.91. The van der Waals surface area contributed by atoms with Crippen molar-refractivity contribution in [3.05, 3.63) is 177 Å². The fraction of sp³-hybridized carbons (Fsp3) is 0.273. The molecule has 0 bridgehead atoms. The Morgan fingerprint density at radius 1 is 0.532 bits per heavy atom. The number of hydrogen-bond donors (Lipinski definition) is 0. The van der Waals surface area contributed by atoms with E-state index in [1.54, 1.807) is 47.6 Å². The Balaban J connectivity index is 0.000000141. The predicted octanol–water partition coefficient (Wildman–Crippen LogP) is 11.8. The molecular weight excluding hydrogens is 648 g/mol. The first-order valence-corrected chi connectivity index (χ1v) is 23.5. The van der Waals surface area contributed by atoms with Gasteiger partial charge in [0, 0.05) is 0 Å². The summed E-state index contributed by atoms with van der Waals surface area (Å²) in [7, 11) is 7.00. The van der Waals surface area contributed by atoms with E-state index in [0.717, 1.165) is 32.9 Å². The number of rotatable bonds is 5. The molecule has 0 radical (unpaired) electrons. The molecule has 2 atom stereocenters. The molecule has 9 rings (SSSR count). The third kappa shape index (κ3) is 7.24. The number of benzene rings is 4. The van der Waals surface area contributed by atoms with E-state index in [0.29, 0.717) is 0 Å². The predicted molar refractivity (Wildman–Crippen MR) is 202 cm³/mol. The Morgan fingerprint density at radius 2 is 0.915 bits per heavy atom. The minimum Gasteiger partial charge on any atom is -0.668 e. The topological polar surface area (TPSA) is 28.2 Å². The largest absolute Gasteiger partial charge is 0.668 e. The summed E-state index contributed by atoms with van der Waals surface area (Å²) in [6.45, 7) is 0. The number of nitrogens with zero attached hydrogens (tertiary/aromatic N) is 2. The molecule has 0 spiro atoms. The van der Waals surface area contributed by atoms with Crippen molar-refractivity contribution in [2.24, 2.45) is 0 Å². The van der Waals surface area contributed by atoms with Gasteiger partial charge in [-0.3, -0.25) is 0 Å². The Bertz CT molecular complexity index is 1680. The van der Waals surface area contributed by atoms with Crippen LogP contribution in [0.1, 0.15) is 64.6 Å². The summed E-state index contributed by atoms with van der Waals surface area (Å²) in [6, 6.07) is 35.8. The van der Waals surface area contributed by atoms with Crippen LogP contribution >= 0.6 is 0 Å². The zero-order valence-corrected chi connectivity index (χ0v) is 31.0. The van der Waals surface area contributed by atoms with Crippen molar-refractivity contribution in [3.8, 4) is 0 Å². The normalized spacial score (nSPS) is 18.6. The van der Waals surface area contributed by atoms with Crippen LogP contribution in [-0.2, 0) is 33.1 Å². The van der Waals surface area contributed by atoms with Gasteiger partial charge in [0.2, 0.25) is 0 Å². The van der Waals surface area contributed by atoms with Gasteiger partial charge in [-0.2, -0.15) is 28.2 Å². The standard InChI is InChI=1S/C20H18.2C9H7.2C2H6N.C2H4.Zr/c1-3-7-19-15(5-1)9-11-17(19)13-14-18-12-10-16-6-2-4-8-20(16)18;2*1-2-5-9-7-3-6-8(9)4-1;2*1-3-2;1-2;/h1-8,11-12H,9-10,13-14H2;2*1-7H;2*1-2H3;1-2H2;/q;;;2*-1;;+2. The summed E-state index contributed by atoms with van der Waals surface area (Å²) < 4.78 is 4.72. The van der Waals surface area contributed by atoms with Crippen LogP contribution in [0.3, 0.4) is 0 Å². The molecule has 47 heavy (non-hydrogen) atoms. The van der Waals surface area contributed by atoms with E-state index < -0.39 is 20.3 Å². The molecule has 1 fully saturated rings. The van der Waals surface area contributed by atoms with Crippen LogP contribution in [0.5, 0.6) is 0 Å². The second-order valence-corrected chi connectivity index (χ2v) is 24.8. The maximum absolute atomic E-state index is 3.50. The first kappa shape index (κ1) is 33.5. The minimum atomic E-state index is -2.13. The second kappa shape index (κ2) is 15.7. The molecule has 3 heteroatoms. The smallest absolute Gasteiger partial charge is 0.162 e. The van der Waals surface area contributed by atoms with Crippen LogP contribution in [0, 0.1) is 0 Å². The van der Waals surface area contributed by atoms with Crippen LogP contribution in [0.2, 0.25) is 8.26 Å². The summed E-state index contributed by atoms with van der Waals surface area (Å²) in [5.74, 6) is 0. The number of allylic oxidation sites excluding steroid dienone is 6. The first-order valence-electron chi connectivity index (χ1n) is 17.2. The van der Waals surface area contributed by atoms with Crippen LogP contribution in [0.15, 0.2) is 121 Å². The molecule has 0 amide bonds. The SMILES string of the molecule is C1=C(CCC2=CCc3ccccc32)c2ccccc2C1.C1=C[CH]([Zr+2]2([CH]3C=Cc4ccccc43)[CH2][CH2]2)c2ccccc21.C[N-]C.C[N-]C. The molecule has 4 aromatic rings. The molecule has 238 valence electrons. The van der Waals surface area contributed by atoms with E-state index in [2.05, 4.69) is 144 Å². The van der Waals surface area contributed by atoms with Gasteiger partial charge in [0.25, 0.3) is 0 Å². The van der Waals surface area contributed by atoms with Crippen molar-refractivity contribution >= 4 is 23.3 Å². The Kier molecular flexibility index (Phi) is 11.2. The second-order valence-electron chi connectivity index (χ2n) is 13.2. The summed E-state index contributed by atoms with van der Waals surface area (Å²) in [6.07, 6.45) is 19.2. The molecular formula is C44H48N2Zr. The number of fused-ring (bicyclic) bond motifs is 4. The summed E-state index contributed by atoms with van der Waals surface area (Å²) in [4.78, 5) is 0. The van der Waals surface area contributed by atoms with Crippen LogP contribution < -0.4 is 0 Å². The average Bonchev–Trinajstić information content (AvgIpc) is 3.50. The quantitative estimate of drug-likeness (QED) is 0.199. The van der Waals surface area contributed by atoms with E-state index in [1.165, 1.54) is 44.5 Å². The molecule has 4 aromatic carbocycles. The van der Waals surface area contributed by atoms with Gasteiger partial charge in [-0.25, -0.2) is 0 Å². The molecule has 0 saturated carbocycles. The molecule has 4 aliphatic carbocycles. The molecule has 1 heterocycles. The van der Waals surface area contributed by atoms with Crippen LogP contribution in [0.4, 0.5) is 0 Å². The molecule has 0 aromatic heterocycles. The Labute approximate surface area is 287 Å². The van der Waals surface area contributed by atoms with Crippen molar-refractivity contribution in [1.82, 2.24) is 0 Å². The van der Waals surface area contributed by atoms with Crippen molar-refractivity contribution in [3.63, 3.8) is 0 Å². The van der Waals surface area contributed by atoms with Crippen molar-refractivity contribution in [2.75, 3.05) is 28.2 Å². The molecule has 2 nitrogen and oxygen atoms in total. The molecule has 2 unspecified atom stereocenters. The van der Waals surface area contributed by atoms with Gasteiger partial charge in [0.15, 0.2) is 0 Å². The van der Waals surface area contributed by atoms with Crippen LogP contribution in [-0.4, -0.2) is 28.2 Å². The van der Waals surface area contributed by atoms with E-state index in [-0.39, 0.29) is 0 Å². The first-order chi connectivity index (χ1) is 23.1. The van der Waals surface area contributed by atoms with Gasteiger partial charge >= 0.3 is 131 Å². The molecule has 1 aliphatic heterocycles. The maximum atomic E-state index is 3.50. The van der Waals surface area contributed by atoms with Crippen molar-refractivity contribution in [2.45, 2.75) is 41.2 Å². The van der Waals surface area contributed by atoms with Gasteiger partial charge in [-0.05, 0) is 59.1 Å². The molecule has 5 aliphatic rings. The Hall–Kier alpha value is -3.36. The Morgan fingerprint density at radius 3 is 1.34 bits per heavy atom. The third-order valence-corrected chi connectivity index (χ3v) is 22.8. The van der Waals surface area contributed by atoms with Gasteiger partial charge in [0.05, 0.1) is 0 Å². The molecule has 1 saturated heterocycles. The zero-order chi connectivity index (χ0) is 32.6. The van der Waals surface area contributed by atoms with Gasteiger partial charge in [-0.15, -0.1) is 0 Å². The summed E-state index contributed by atoms with van der Waals surface area (Å²) in [5.41, 5.74) is 15.2. The van der Waals surface area contributed by atoms with E-state index in [4.69, 9.17) is 0 Å². The van der Waals surface area contributed by atoms with Crippen LogP contribution in [0.25, 0.3) is 33.9 Å². The summed E-state index contributed by atoms with van der Waals surface area (Å²) in [5, 5.41) is 7.00. The minimum absolute atomic E-state index is 0.802. The van der Waals surface area contributed by atoms with E-state index >= 15 is 0 Å². The van der Waals surface area contributed by atoms with E-state index in [9.17, 15) is 0 Å².